The monoisotopic (exact) mass is 325 g/mol. The molecular formula is C18H16ClN3O. The molecular weight excluding hydrogens is 310 g/mol. The minimum absolute atomic E-state index is 0.0213. The van der Waals surface area contributed by atoms with Gasteiger partial charge in [-0.2, -0.15) is 5.26 Å². The fourth-order valence-electron chi connectivity index (χ4n) is 1.93. The summed E-state index contributed by atoms with van der Waals surface area (Å²) in [5.74, 6) is -0.437. The fourth-order valence-corrected chi connectivity index (χ4v) is 2.13. The van der Waals surface area contributed by atoms with Gasteiger partial charge in [-0.1, -0.05) is 60.1 Å². The Morgan fingerprint density at radius 3 is 2.48 bits per heavy atom. The van der Waals surface area contributed by atoms with Gasteiger partial charge in [0.15, 0.2) is 0 Å². The van der Waals surface area contributed by atoms with Crippen LogP contribution in [0.5, 0.6) is 0 Å². The van der Waals surface area contributed by atoms with E-state index in [-0.39, 0.29) is 12.1 Å². The molecule has 0 aliphatic heterocycles. The van der Waals surface area contributed by atoms with Crippen molar-refractivity contribution in [1.82, 2.24) is 10.6 Å². The lowest BCUT2D eigenvalue weighted by molar-refractivity contribution is -0.117. The van der Waals surface area contributed by atoms with Gasteiger partial charge >= 0.3 is 0 Å². The quantitative estimate of drug-likeness (QED) is 0.633. The van der Waals surface area contributed by atoms with Crippen LogP contribution in [0, 0.1) is 11.3 Å². The number of nitrogens with zero attached hydrogens (tertiary/aromatic N) is 1. The number of carbonyl (C=O) groups is 1. The number of amides is 1. The average molecular weight is 326 g/mol. The number of rotatable bonds is 6. The van der Waals surface area contributed by atoms with Gasteiger partial charge in [0.25, 0.3) is 5.91 Å². The van der Waals surface area contributed by atoms with Crippen LogP contribution < -0.4 is 10.6 Å². The van der Waals surface area contributed by atoms with E-state index in [1.165, 1.54) is 6.20 Å². The van der Waals surface area contributed by atoms with Crippen molar-refractivity contribution in [3.05, 3.63) is 82.5 Å². The van der Waals surface area contributed by atoms with Gasteiger partial charge in [-0.3, -0.25) is 4.79 Å². The third-order valence-electron chi connectivity index (χ3n) is 3.16. The van der Waals surface area contributed by atoms with Crippen molar-refractivity contribution in [3.63, 3.8) is 0 Å². The van der Waals surface area contributed by atoms with Gasteiger partial charge in [0.2, 0.25) is 0 Å². The maximum atomic E-state index is 12.0. The molecule has 1 amide bonds. The Balaban J connectivity index is 1.89. The molecule has 4 nitrogen and oxygen atoms in total. The van der Waals surface area contributed by atoms with Crippen molar-refractivity contribution in [1.29, 1.82) is 5.26 Å². The van der Waals surface area contributed by atoms with Crippen molar-refractivity contribution < 1.29 is 4.79 Å². The lowest BCUT2D eigenvalue weighted by atomic mass is 10.2. The molecule has 2 aromatic rings. The molecule has 0 spiro atoms. The van der Waals surface area contributed by atoms with E-state index in [2.05, 4.69) is 10.6 Å². The maximum absolute atomic E-state index is 12.0. The molecule has 0 saturated carbocycles. The molecule has 0 saturated heterocycles. The number of halogens is 1. The Morgan fingerprint density at radius 1 is 1.09 bits per heavy atom. The Hall–Kier alpha value is -2.77. The number of benzene rings is 2. The molecule has 0 aromatic heterocycles. The molecule has 116 valence electrons. The standard InChI is InChI=1S/C18H16ClN3O/c19-17-9-5-4-8-15(17)13-22-18(23)16(10-20)12-21-11-14-6-2-1-3-7-14/h1-9,12,21H,11,13H2,(H,22,23)/b16-12-. The van der Waals surface area contributed by atoms with Crippen molar-refractivity contribution in [2.75, 3.05) is 0 Å². The van der Waals surface area contributed by atoms with Gasteiger partial charge in [0.05, 0.1) is 0 Å². The van der Waals surface area contributed by atoms with Gasteiger partial charge in [-0.05, 0) is 17.2 Å². The normalized spacial score (nSPS) is 10.7. The number of nitriles is 1. The Morgan fingerprint density at radius 2 is 1.78 bits per heavy atom. The largest absolute Gasteiger partial charge is 0.386 e. The summed E-state index contributed by atoms with van der Waals surface area (Å²) < 4.78 is 0. The summed E-state index contributed by atoms with van der Waals surface area (Å²) in [5.41, 5.74) is 1.89. The minimum atomic E-state index is -0.437. The second-order valence-electron chi connectivity index (χ2n) is 4.81. The third kappa shape index (κ3) is 5.17. The molecule has 23 heavy (non-hydrogen) atoms. The zero-order valence-electron chi connectivity index (χ0n) is 12.4. The van der Waals surface area contributed by atoms with Gasteiger partial charge in [-0.15, -0.1) is 0 Å². The number of hydrogen-bond acceptors (Lipinski definition) is 3. The van der Waals surface area contributed by atoms with Crippen LogP contribution in [-0.2, 0) is 17.9 Å². The molecule has 0 bridgehead atoms. The maximum Gasteiger partial charge on any atom is 0.263 e. The predicted molar refractivity (Wildman–Crippen MR) is 90.3 cm³/mol. The summed E-state index contributed by atoms with van der Waals surface area (Å²) in [7, 11) is 0. The molecule has 0 atom stereocenters. The summed E-state index contributed by atoms with van der Waals surface area (Å²) in [6.07, 6.45) is 1.43. The fraction of sp³-hybridized carbons (Fsp3) is 0.111. The summed E-state index contributed by atoms with van der Waals surface area (Å²) in [6.45, 7) is 0.819. The molecule has 5 heteroatoms. The Kier molecular flexibility index (Phi) is 6.22. The highest BCUT2D eigenvalue weighted by Crippen LogP contribution is 2.14. The Labute approximate surface area is 140 Å². The number of hydrogen-bond donors (Lipinski definition) is 2. The lowest BCUT2D eigenvalue weighted by Gasteiger charge is -2.07. The highest BCUT2D eigenvalue weighted by Gasteiger charge is 2.09. The molecule has 0 radical (unpaired) electrons. The molecule has 2 rings (SSSR count). The predicted octanol–water partition coefficient (Wildman–Crippen LogP) is 3.15. The Bertz CT molecular complexity index is 735. The zero-order valence-corrected chi connectivity index (χ0v) is 13.2. The topological polar surface area (TPSA) is 64.9 Å². The lowest BCUT2D eigenvalue weighted by Crippen LogP contribution is -2.25. The van der Waals surface area contributed by atoms with E-state index in [1.807, 2.05) is 54.6 Å². The second kappa shape index (κ2) is 8.62. The van der Waals surface area contributed by atoms with Crippen LogP contribution in [0.25, 0.3) is 0 Å². The molecule has 0 fully saturated rings. The third-order valence-corrected chi connectivity index (χ3v) is 3.53. The van der Waals surface area contributed by atoms with Crippen LogP contribution in [0.3, 0.4) is 0 Å². The summed E-state index contributed by atoms with van der Waals surface area (Å²) in [4.78, 5) is 12.0. The summed E-state index contributed by atoms with van der Waals surface area (Å²) in [5, 5.41) is 15.3. The first-order chi connectivity index (χ1) is 11.2. The van der Waals surface area contributed by atoms with E-state index in [0.29, 0.717) is 11.6 Å². The van der Waals surface area contributed by atoms with Crippen LogP contribution in [0.15, 0.2) is 66.4 Å². The summed E-state index contributed by atoms with van der Waals surface area (Å²) >= 11 is 6.03. The SMILES string of the molecule is N#C/C(=C/NCc1ccccc1)C(=O)NCc1ccccc1Cl. The van der Waals surface area contributed by atoms with Gasteiger partial charge in [0.1, 0.15) is 11.6 Å². The van der Waals surface area contributed by atoms with Crippen molar-refractivity contribution in [2.24, 2.45) is 0 Å². The van der Waals surface area contributed by atoms with Gasteiger partial charge in [0, 0.05) is 24.3 Å². The smallest absolute Gasteiger partial charge is 0.263 e. The van der Waals surface area contributed by atoms with Crippen LogP contribution in [-0.4, -0.2) is 5.91 Å². The van der Waals surface area contributed by atoms with Crippen molar-refractivity contribution in [3.8, 4) is 6.07 Å². The highest BCUT2D eigenvalue weighted by atomic mass is 35.5. The number of nitrogens with one attached hydrogen (secondary N) is 2. The zero-order chi connectivity index (χ0) is 16.5. The molecule has 2 N–H and O–H groups in total. The van der Waals surface area contributed by atoms with E-state index in [9.17, 15) is 4.79 Å². The molecule has 2 aromatic carbocycles. The minimum Gasteiger partial charge on any atom is -0.386 e. The highest BCUT2D eigenvalue weighted by molar-refractivity contribution is 6.31. The van der Waals surface area contributed by atoms with E-state index < -0.39 is 5.91 Å². The van der Waals surface area contributed by atoms with Crippen LogP contribution in [0.4, 0.5) is 0 Å². The van der Waals surface area contributed by atoms with Crippen LogP contribution in [0.1, 0.15) is 11.1 Å². The van der Waals surface area contributed by atoms with Crippen LogP contribution in [0.2, 0.25) is 5.02 Å². The first kappa shape index (κ1) is 16.6. The molecule has 0 heterocycles. The average Bonchev–Trinajstić information content (AvgIpc) is 2.59. The molecule has 0 aliphatic rings. The van der Waals surface area contributed by atoms with Crippen LogP contribution >= 0.6 is 11.6 Å². The molecule has 0 aliphatic carbocycles. The van der Waals surface area contributed by atoms with E-state index >= 15 is 0 Å². The second-order valence-corrected chi connectivity index (χ2v) is 5.22. The van der Waals surface area contributed by atoms with Crippen molar-refractivity contribution >= 4 is 17.5 Å². The van der Waals surface area contributed by atoms with Gasteiger partial charge in [-0.25, -0.2) is 0 Å². The van der Waals surface area contributed by atoms with Crippen molar-refractivity contribution in [2.45, 2.75) is 13.1 Å². The summed E-state index contributed by atoms with van der Waals surface area (Å²) in [6, 6.07) is 18.9. The van der Waals surface area contributed by atoms with E-state index in [1.54, 1.807) is 6.07 Å². The molecule has 0 unspecified atom stereocenters. The van der Waals surface area contributed by atoms with E-state index in [4.69, 9.17) is 16.9 Å². The number of carbonyl (C=O) groups excluding carboxylic acids is 1. The van der Waals surface area contributed by atoms with Gasteiger partial charge < -0.3 is 10.6 Å². The van der Waals surface area contributed by atoms with E-state index in [0.717, 1.165) is 11.1 Å². The first-order valence-electron chi connectivity index (χ1n) is 7.10. The first-order valence-corrected chi connectivity index (χ1v) is 7.47.